The van der Waals surface area contributed by atoms with Gasteiger partial charge in [0, 0.05) is 0 Å². The number of nitrogens with one attached hydrogen (secondary N) is 1. The lowest BCUT2D eigenvalue weighted by atomic mass is 10.2. The molecular formula is C14H10Cl3N3O3. The highest BCUT2D eigenvalue weighted by Gasteiger charge is 2.20. The molecule has 6 nitrogen and oxygen atoms in total. The van der Waals surface area contributed by atoms with Crippen LogP contribution >= 0.6 is 34.8 Å². The van der Waals surface area contributed by atoms with Gasteiger partial charge in [-0.2, -0.15) is 5.10 Å². The van der Waals surface area contributed by atoms with E-state index in [2.05, 4.69) is 15.5 Å². The summed E-state index contributed by atoms with van der Waals surface area (Å²) in [6, 6.07) is 7.12. The molecule has 0 amide bonds. The SMILES string of the molecule is COc1ccc(/C=N/Nc2c(Cl)c(Cl)nc(C(=O)O)c2Cl)cc1. The number of rotatable bonds is 5. The molecule has 120 valence electrons. The van der Waals surface area contributed by atoms with Crippen LogP contribution in [0.1, 0.15) is 16.1 Å². The predicted molar refractivity (Wildman–Crippen MR) is 90.4 cm³/mol. The number of carbonyl (C=O) groups is 1. The third-order valence-electron chi connectivity index (χ3n) is 2.75. The van der Waals surface area contributed by atoms with Gasteiger partial charge in [-0.15, -0.1) is 0 Å². The average molecular weight is 375 g/mol. The molecule has 0 saturated carbocycles. The van der Waals surface area contributed by atoms with Crippen molar-refractivity contribution in [2.45, 2.75) is 0 Å². The van der Waals surface area contributed by atoms with Gasteiger partial charge in [0.25, 0.3) is 0 Å². The molecule has 0 unspecified atom stereocenters. The van der Waals surface area contributed by atoms with Crippen molar-refractivity contribution < 1.29 is 14.6 Å². The predicted octanol–water partition coefficient (Wildman–Crippen LogP) is 4.19. The van der Waals surface area contributed by atoms with Crippen molar-refractivity contribution in [3.63, 3.8) is 0 Å². The van der Waals surface area contributed by atoms with Crippen LogP contribution in [-0.2, 0) is 0 Å². The summed E-state index contributed by atoms with van der Waals surface area (Å²) in [5, 5.41) is 12.6. The highest BCUT2D eigenvalue weighted by atomic mass is 35.5. The molecule has 1 aromatic carbocycles. The summed E-state index contributed by atoms with van der Waals surface area (Å²) in [6.45, 7) is 0. The lowest BCUT2D eigenvalue weighted by molar-refractivity contribution is 0.0691. The molecule has 9 heteroatoms. The largest absolute Gasteiger partial charge is 0.497 e. The normalized spacial score (nSPS) is 10.8. The Labute approximate surface area is 146 Å². The van der Waals surface area contributed by atoms with Crippen molar-refractivity contribution in [1.82, 2.24) is 4.98 Å². The van der Waals surface area contributed by atoms with Crippen LogP contribution in [0, 0.1) is 0 Å². The summed E-state index contributed by atoms with van der Waals surface area (Å²) in [7, 11) is 1.57. The molecule has 0 fully saturated rings. The first-order valence-electron chi connectivity index (χ1n) is 6.15. The van der Waals surface area contributed by atoms with E-state index in [9.17, 15) is 4.79 Å². The van der Waals surface area contributed by atoms with Gasteiger partial charge in [-0.05, 0) is 29.8 Å². The fourth-order valence-electron chi connectivity index (χ4n) is 1.62. The number of hydrogen-bond donors (Lipinski definition) is 2. The lowest BCUT2D eigenvalue weighted by Gasteiger charge is -2.09. The summed E-state index contributed by atoms with van der Waals surface area (Å²) in [4.78, 5) is 14.7. The fourth-order valence-corrected chi connectivity index (χ4v) is 2.28. The standard InChI is InChI=1S/C14H10Cl3N3O3/c1-23-8-4-2-7(3-5-8)6-18-20-11-9(15)12(14(21)22)19-13(17)10(11)16/h2-6H,1H3,(H,19,20)(H,21,22)/b18-6+. The second-order valence-electron chi connectivity index (χ2n) is 4.20. The molecule has 0 bridgehead atoms. The number of pyridine rings is 1. The number of benzene rings is 1. The number of carboxylic acid groups (broad SMARTS) is 1. The van der Waals surface area contributed by atoms with E-state index in [1.807, 2.05) is 0 Å². The van der Waals surface area contributed by atoms with E-state index in [0.29, 0.717) is 5.75 Å². The molecule has 2 N–H and O–H groups in total. The number of halogens is 3. The molecule has 0 aliphatic carbocycles. The van der Waals surface area contributed by atoms with Crippen molar-refractivity contribution >= 4 is 52.7 Å². The Morgan fingerprint density at radius 2 is 1.91 bits per heavy atom. The number of aromatic carboxylic acids is 1. The Kier molecular flexibility index (Phi) is 5.65. The van der Waals surface area contributed by atoms with Crippen LogP contribution in [0.4, 0.5) is 5.69 Å². The van der Waals surface area contributed by atoms with E-state index < -0.39 is 11.7 Å². The molecule has 0 radical (unpaired) electrons. The van der Waals surface area contributed by atoms with Crippen molar-refractivity contribution in [3.05, 3.63) is 50.7 Å². The van der Waals surface area contributed by atoms with Crippen LogP contribution < -0.4 is 10.2 Å². The van der Waals surface area contributed by atoms with Crippen LogP contribution in [0.5, 0.6) is 5.75 Å². The molecule has 0 aliphatic heterocycles. The third kappa shape index (κ3) is 4.04. The zero-order valence-electron chi connectivity index (χ0n) is 11.7. The summed E-state index contributed by atoms with van der Waals surface area (Å²) < 4.78 is 5.05. The molecule has 0 spiro atoms. The number of carboxylic acids is 1. The fraction of sp³-hybridized carbons (Fsp3) is 0.0714. The molecule has 1 heterocycles. The van der Waals surface area contributed by atoms with Crippen LogP contribution in [0.3, 0.4) is 0 Å². The Bertz CT molecular complexity index is 764. The molecule has 1 aromatic heterocycles. The number of anilines is 1. The van der Waals surface area contributed by atoms with Crippen molar-refractivity contribution in [2.24, 2.45) is 5.10 Å². The van der Waals surface area contributed by atoms with Gasteiger partial charge in [-0.25, -0.2) is 9.78 Å². The minimum Gasteiger partial charge on any atom is -0.497 e. The van der Waals surface area contributed by atoms with E-state index in [4.69, 9.17) is 44.6 Å². The van der Waals surface area contributed by atoms with Gasteiger partial charge in [0.2, 0.25) is 0 Å². The maximum Gasteiger partial charge on any atom is 0.356 e. The van der Waals surface area contributed by atoms with Crippen LogP contribution in [0.25, 0.3) is 0 Å². The maximum absolute atomic E-state index is 11.1. The minimum absolute atomic E-state index is 0.0199. The topological polar surface area (TPSA) is 83.8 Å². The van der Waals surface area contributed by atoms with E-state index >= 15 is 0 Å². The summed E-state index contributed by atoms with van der Waals surface area (Å²) in [6.07, 6.45) is 1.50. The monoisotopic (exact) mass is 373 g/mol. The highest BCUT2D eigenvalue weighted by Crippen LogP contribution is 2.36. The number of hydrazone groups is 1. The van der Waals surface area contributed by atoms with E-state index in [-0.39, 0.29) is 20.9 Å². The summed E-state index contributed by atoms with van der Waals surface area (Å²) in [5.41, 5.74) is 3.01. The van der Waals surface area contributed by atoms with Gasteiger partial charge < -0.3 is 9.84 Å². The van der Waals surface area contributed by atoms with E-state index in [1.54, 1.807) is 31.4 Å². The van der Waals surface area contributed by atoms with Crippen LogP contribution in [-0.4, -0.2) is 29.4 Å². The first kappa shape index (κ1) is 17.3. The maximum atomic E-state index is 11.1. The highest BCUT2D eigenvalue weighted by molar-refractivity contribution is 6.46. The molecule has 23 heavy (non-hydrogen) atoms. The average Bonchev–Trinajstić information content (AvgIpc) is 2.54. The zero-order chi connectivity index (χ0) is 17.0. The Morgan fingerprint density at radius 1 is 1.26 bits per heavy atom. The third-order valence-corrected chi connectivity index (χ3v) is 3.85. The van der Waals surface area contributed by atoms with Crippen LogP contribution in [0.2, 0.25) is 15.2 Å². The first-order valence-corrected chi connectivity index (χ1v) is 7.28. The van der Waals surface area contributed by atoms with Crippen molar-refractivity contribution in [2.75, 3.05) is 12.5 Å². The van der Waals surface area contributed by atoms with Gasteiger partial charge in [-0.3, -0.25) is 5.43 Å². The number of hydrogen-bond acceptors (Lipinski definition) is 5. The van der Waals surface area contributed by atoms with Gasteiger partial charge in [0.1, 0.15) is 15.8 Å². The van der Waals surface area contributed by atoms with E-state index in [0.717, 1.165) is 5.56 Å². The summed E-state index contributed by atoms with van der Waals surface area (Å²) in [5.74, 6) is -0.607. The van der Waals surface area contributed by atoms with Crippen molar-refractivity contribution in [3.8, 4) is 5.75 Å². The quantitative estimate of drug-likeness (QED) is 0.465. The zero-order valence-corrected chi connectivity index (χ0v) is 13.9. The first-order chi connectivity index (χ1) is 10.9. The minimum atomic E-state index is -1.32. The van der Waals surface area contributed by atoms with Gasteiger partial charge in [-0.1, -0.05) is 34.8 Å². The number of nitrogens with zero attached hydrogens (tertiary/aromatic N) is 2. The lowest BCUT2D eigenvalue weighted by Crippen LogP contribution is -2.05. The Morgan fingerprint density at radius 3 is 2.48 bits per heavy atom. The van der Waals surface area contributed by atoms with E-state index in [1.165, 1.54) is 6.21 Å². The Hall–Kier alpha value is -2.02. The Balaban J connectivity index is 2.25. The van der Waals surface area contributed by atoms with Gasteiger partial charge in [0.05, 0.1) is 19.0 Å². The molecule has 2 rings (SSSR count). The second-order valence-corrected chi connectivity index (χ2v) is 5.32. The smallest absolute Gasteiger partial charge is 0.356 e. The van der Waals surface area contributed by atoms with Gasteiger partial charge in [0.15, 0.2) is 10.8 Å². The number of ether oxygens (including phenoxy) is 1. The molecular weight excluding hydrogens is 365 g/mol. The van der Waals surface area contributed by atoms with Crippen LogP contribution in [0.15, 0.2) is 29.4 Å². The second kappa shape index (κ2) is 7.50. The molecule has 0 aliphatic rings. The molecule has 0 saturated heterocycles. The molecule has 2 aromatic rings. The number of methoxy groups -OCH3 is 1. The molecule has 0 atom stereocenters. The van der Waals surface area contributed by atoms with Gasteiger partial charge >= 0.3 is 5.97 Å². The van der Waals surface area contributed by atoms with Crippen molar-refractivity contribution in [1.29, 1.82) is 0 Å². The number of aromatic nitrogens is 1. The summed E-state index contributed by atoms with van der Waals surface area (Å²) >= 11 is 17.7.